The van der Waals surface area contributed by atoms with Crippen LogP contribution in [0.15, 0.2) is 64.2 Å². The molecule has 0 saturated carbocycles. The third-order valence-corrected chi connectivity index (χ3v) is 3.69. The van der Waals surface area contributed by atoms with Gasteiger partial charge >= 0.3 is 0 Å². The third-order valence-electron chi connectivity index (χ3n) is 2.93. The number of carbonyl (C=O) groups excluding carboxylic acids is 1. The van der Waals surface area contributed by atoms with Crippen molar-refractivity contribution >= 4 is 16.9 Å². The minimum Gasteiger partial charge on any atom is -0.497 e. The Kier molecular flexibility index (Phi) is 4.20. The minimum absolute atomic E-state index is 0.161. The SMILES string of the molecule is COc1ccc(C(=O)Sc2nnc(-c3ccccc3)o2)cc1. The molecule has 3 aromatic rings. The highest BCUT2D eigenvalue weighted by atomic mass is 32.2. The van der Waals surface area contributed by atoms with Gasteiger partial charge in [0.1, 0.15) is 5.75 Å². The lowest BCUT2D eigenvalue weighted by molar-refractivity contribution is 0.108. The van der Waals surface area contributed by atoms with Crippen molar-refractivity contribution in [2.24, 2.45) is 0 Å². The lowest BCUT2D eigenvalue weighted by atomic mass is 10.2. The Labute approximate surface area is 131 Å². The molecular weight excluding hydrogens is 300 g/mol. The first-order valence-corrected chi connectivity index (χ1v) is 7.33. The maximum absolute atomic E-state index is 12.2. The van der Waals surface area contributed by atoms with Crippen LogP contribution in [0.5, 0.6) is 5.75 Å². The second-order valence-corrected chi connectivity index (χ2v) is 5.28. The summed E-state index contributed by atoms with van der Waals surface area (Å²) in [5.74, 6) is 1.09. The van der Waals surface area contributed by atoms with E-state index in [1.165, 1.54) is 0 Å². The molecule has 5 nitrogen and oxygen atoms in total. The molecular formula is C16H12N2O3S. The Morgan fingerprint density at radius 2 is 1.77 bits per heavy atom. The first-order chi connectivity index (χ1) is 10.8. The number of methoxy groups -OCH3 is 1. The smallest absolute Gasteiger partial charge is 0.284 e. The van der Waals surface area contributed by atoms with E-state index in [9.17, 15) is 4.79 Å². The van der Waals surface area contributed by atoms with Crippen LogP contribution in [0.2, 0.25) is 0 Å². The van der Waals surface area contributed by atoms with Crippen molar-refractivity contribution in [3.8, 4) is 17.2 Å². The maximum Gasteiger partial charge on any atom is 0.284 e. The second-order valence-electron chi connectivity index (χ2n) is 4.36. The number of hydrogen-bond donors (Lipinski definition) is 0. The molecule has 0 N–H and O–H groups in total. The standard InChI is InChI=1S/C16H12N2O3S/c1-20-13-9-7-12(8-10-13)15(19)22-16-18-17-14(21-16)11-5-3-2-4-6-11/h2-10H,1H3. The molecule has 0 aliphatic heterocycles. The number of ether oxygens (including phenoxy) is 1. The third kappa shape index (κ3) is 3.17. The van der Waals surface area contributed by atoms with Crippen LogP contribution in [0.1, 0.15) is 10.4 Å². The maximum atomic E-state index is 12.2. The number of nitrogens with zero attached hydrogens (tertiary/aromatic N) is 2. The number of carbonyl (C=O) groups is 1. The summed E-state index contributed by atoms with van der Waals surface area (Å²) in [6.07, 6.45) is 0. The summed E-state index contributed by atoms with van der Waals surface area (Å²) in [5, 5.41) is 7.90. The quantitative estimate of drug-likeness (QED) is 0.685. The molecule has 0 spiro atoms. The summed E-state index contributed by atoms with van der Waals surface area (Å²) >= 11 is 0.906. The molecule has 2 aromatic carbocycles. The van der Waals surface area contributed by atoms with E-state index in [0.717, 1.165) is 17.3 Å². The number of thioether (sulfide) groups is 1. The van der Waals surface area contributed by atoms with Crippen molar-refractivity contribution < 1.29 is 13.9 Å². The molecule has 0 unspecified atom stereocenters. The zero-order valence-electron chi connectivity index (χ0n) is 11.7. The highest BCUT2D eigenvalue weighted by molar-refractivity contribution is 8.14. The largest absolute Gasteiger partial charge is 0.497 e. The van der Waals surface area contributed by atoms with Crippen molar-refractivity contribution in [3.63, 3.8) is 0 Å². The molecule has 22 heavy (non-hydrogen) atoms. The predicted molar refractivity (Wildman–Crippen MR) is 82.9 cm³/mol. The van der Waals surface area contributed by atoms with Gasteiger partial charge in [0.15, 0.2) is 0 Å². The Morgan fingerprint density at radius 3 is 2.45 bits per heavy atom. The summed E-state index contributed by atoms with van der Waals surface area (Å²) in [4.78, 5) is 12.2. The topological polar surface area (TPSA) is 65.2 Å². The molecule has 0 amide bonds. The Hall–Kier alpha value is -2.60. The molecule has 0 atom stereocenters. The molecule has 0 fully saturated rings. The monoisotopic (exact) mass is 312 g/mol. The highest BCUT2D eigenvalue weighted by Crippen LogP contribution is 2.26. The fourth-order valence-electron chi connectivity index (χ4n) is 1.81. The van der Waals surface area contributed by atoms with Gasteiger partial charge in [0.2, 0.25) is 11.0 Å². The van der Waals surface area contributed by atoms with Crippen LogP contribution in [0.25, 0.3) is 11.5 Å². The van der Waals surface area contributed by atoms with Gasteiger partial charge < -0.3 is 9.15 Å². The van der Waals surface area contributed by atoms with Crippen molar-refractivity contribution in [1.29, 1.82) is 0 Å². The molecule has 0 saturated heterocycles. The second kappa shape index (κ2) is 6.44. The van der Waals surface area contributed by atoms with E-state index >= 15 is 0 Å². The normalized spacial score (nSPS) is 10.4. The lowest BCUT2D eigenvalue weighted by Crippen LogP contribution is -1.93. The van der Waals surface area contributed by atoms with E-state index in [2.05, 4.69) is 10.2 Å². The van der Waals surface area contributed by atoms with Crippen molar-refractivity contribution in [1.82, 2.24) is 10.2 Å². The van der Waals surface area contributed by atoms with Crippen molar-refractivity contribution in [2.45, 2.75) is 5.22 Å². The summed E-state index contributed by atoms with van der Waals surface area (Å²) in [7, 11) is 1.58. The van der Waals surface area contributed by atoms with Crippen molar-refractivity contribution in [3.05, 3.63) is 60.2 Å². The molecule has 1 aromatic heterocycles. The van der Waals surface area contributed by atoms with Crippen LogP contribution >= 0.6 is 11.8 Å². The van der Waals surface area contributed by atoms with E-state index in [-0.39, 0.29) is 10.3 Å². The number of benzene rings is 2. The van der Waals surface area contributed by atoms with Gasteiger partial charge in [-0.15, -0.1) is 10.2 Å². The summed E-state index contributed by atoms with van der Waals surface area (Å²) in [5.41, 5.74) is 1.36. The fraction of sp³-hybridized carbons (Fsp3) is 0.0625. The number of aromatic nitrogens is 2. The van der Waals surface area contributed by atoms with Crippen molar-refractivity contribution in [2.75, 3.05) is 7.11 Å². The van der Waals surface area contributed by atoms with E-state index in [1.807, 2.05) is 30.3 Å². The molecule has 1 heterocycles. The van der Waals surface area contributed by atoms with E-state index < -0.39 is 0 Å². The first-order valence-electron chi connectivity index (χ1n) is 6.51. The van der Waals surface area contributed by atoms with Crippen LogP contribution in [0, 0.1) is 0 Å². The molecule has 3 rings (SSSR count). The van der Waals surface area contributed by atoms with E-state index in [1.54, 1.807) is 31.4 Å². The Balaban J connectivity index is 1.73. The van der Waals surface area contributed by atoms with Gasteiger partial charge in [-0.2, -0.15) is 0 Å². The van der Waals surface area contributed by atoms with Crippen LogP contribution in [0.3, 0.4) is 0 Å². The van der Waals surface area contributed by atoms with Crippen LogP contribution < -0.4 is 4.74 Å². The molecule has 6 heteroatoms. The fourth-order valence-corrected chi connectivity index (χ4v) is 2.43. The van der Waals surface area contributed by atoms with Gasteiger partial charge in [-0.25, -0.2) is 0 Å². The lowest BCUT2D eigenvalue weighted by Gasteiger charge is -2.00. The van der Waals surface area contributed by atoms with Crippen LogP contribution in [-0.4, -0.2) is 22.4 Å². The van der Waals surface area contributed by atoms with Gasteiger partial charge in [0, 0.05) is 22.9 Å². The summed E-state index contributed by atoms with van der Waals surface area (Å²) in [6.45, 7) is 0. The van der Waals surface area contributed by atoms with Gasteiger partial charge in [0.25, 0.3) is 5.22 Å². The highest BCUT2D eigenvalue weighted by Gasteiger charge is 2.14. The van der Waals surface area contributed by atoms with E-state index in [0.29, 0.717) is 17.2 Å². The number of rotatable bonds is 4. The zero-order valence-corrected chi connectivity index (χ0v) is 12.5. The van der Waals surface area contributed by atoms with Gasteiger partial charge in [0.05, 0.1) is 7.11 Å². The van der Waals surface area contributed by atoms with Gasteiger partial charge in [-0.1, -0.05) is 18.2 Å². The summed E-state index contributed by atoms with van der Waals surface area (Å²) < 4.78 is 10.6. The zero-order chi connectivity index (χ0) is 15.4. The summed E-state index contributed by atoms with van der Waals surface area (Å²) in [6, 6.07) is 16.3. The van der Waals surface area contributed by atoms with E-state index in [4.69, 9.17) is 9.15 Å². The Morgan fingerprint density at radius 1 is 1.05 bits per heavy atom. The molecule has 110 valence electrons. The average molecular weight is 312 g/mol. The van der Waals surface area contributed by atoms with Crippen LogP contribution in [0.4, 0.5) is 0 Å². The first kappa shape index (κ1) is 14.3. The Bertz CT molecular complexity index is 770. The molecule has 0 aliphatic carbocycles. The molecule has 0 aliphatic rings. The molecule has 0 bridgehead atoms. The van der Waals surface area contributed by atoms with Gasteiger partial charge in [-0.3, -0.25) is 4.79 Å². The average Bonchev–Trinajstić information content (AvgIpc) is 3.04. The predicted octanol–water partition coefficient (Wildman–Crippen LogP) is 3.68. The number of hydrogen-bond acceptors (Lipinski definition) is 6. The van der Waals surface area contributed by atoms with Gasteiger partial charge in [-0.05, 0) is 36.4 Å². The minimum atomic E-state index is -0.161. The van der Waals surface area contributed by atoms with Crippen LogP contribution in [-0.2, 0) is 0 Å². The molecule has 0 radical (unpaired) electrons.